The topological polar surface area (TPSA) is 47.5 Å². The van der Waals surface area contributed by atoms with Gasteiger partial charge in [0.15, 0.2) is 0 Å². The maximum absolute atomic E-state index is 6.28. The molecule has 0 bridgehead atoms. The van der Waals surface area contributed by atoms with Gasteiger partial charge in [-0.2, -0.15) is 0 Å². The minimum Gasteiger partial charge on any atom is -0.378 e. The van der Waals surface area contributed by atoms with Crippen LogP contribution in [0, 0.1) is 0 Å². The highest BCUT2D eigenvalue weighted by Gasteiger charge is 2.41. The first kappa shape index (κ1) is 16.5. The van der Waals surface area contributed by atoms with E-state index in [-0.39, 0.29) is 11.7 Å². The quantitative estimate of drug-likeness (QED) is 0.860. The van der Waals surface area contributed by atoms with Crippen LogP contribution in [0.25, 0.3) is 0 Å². The fraction of sp³-hybridized carbons (Fsp3) is 0.500. The first-order chi connectivity index (χ1) is 12.2. The number of aromatic nitrogens is 2. The Hall–Kier alpha value is -1.98. The van der Waals surface area contributed by atoms with Gasteiger partial charge in [0.05, 0.1) is 19.3 Å². The molecule has 2 aliphatic rings. The molecule has 0 aliphatic carbocycles. The van der Waals surface area contributed by atoms with Gasteiger partial charge in [-0.25, -0.2) is 9.97 Å². The SMILES string of the molecule is CC1CN(c2ccnc(Cc3ccccc3)n2)CC2(CCCOC2)O1. The molecular formula is C20H25N3O2. The van der Waals surface area contributed by atoms with Gasteiger partial charge in [0.25, 0.3) is 0 Å². The number of hydrogen-bond acceptors (Lipinski definition) is 5. The van der Waals surface area contributed by atoms with Crippen molar-refractivity contribution in [2.45, 2.75) is 37.9 Å². The fourth-order valence-corrected chi connectivity index (χ4v) is 3.87. The van der Waals surface area contributed by atoms with Crippen molar-refractivity contribution >= 4 is 5.82 Å². The standard InChI is InChI=1S/C20H25N3O2/c1-16-13-23(14-20(25-16)9-5-11-24-15-20)19-8-10-21-18(22-19)12-17-6-3-2-4-7-17/h2-4,6-8,10,16H,5,9,11-15H2,1H3. The summed E-state index contributed by atoms with van der Waals surface area (Å²) in [6, 6.07) is 12.4. The van der Waals surface area contributed by atoms with Gasteiger partial charge in [-0.05, 0) is 31.4 Å². The summed E-state index contributed by atoms with van der Waals surface area (Å²) in [6.45, 7) is 5.33. The predicted octanol–water partition coefficient (Wildman–Crippen LogP) is 2.84. The largest absolute Gasteiger partial charge is 0.378 e. The van der Waals surface area contributed by atoms with Gasteiger partial charge in [-0.3, -0.25) is 0 Å². The molecule has 4 rings (SSSR count). The van der Waals surface area contributed by atoms with Crippen LogP contribution in [0.15, 0.2) is 42.6 Å². The van der Waals surface area contributed by atoms with Crippen LogP contribution in [-0.2, 0) is 15.9 Å². The normalized spacial score (nSPS) is 26.8. The van der Waals surface area contributed by atoms with Crippen molar-refractivity contribution < 1.29 is 9.47 Å². The maximum atomic E-state index is 6.28. The van der Waals surface area contributed by atoms with Gasteiger partial charge in [0, 0.05) is 25.8 Å². The number of hydrogen-bond donors (Lipinski definition) is 0. The lowest BCUT2D eigenvalue weighted by molar-refractivity contribution is -0.160. The van der Waals surface area contributed by atoms with E-state index >= 15 is 0 Å². The van der Waals surface area contributed by atoms with E-state index in [1.807, 2.05) is 18.3 Å². The van der Waals surface area contributed by atoms with Gasteiger partial charge in [-0.15, -0.1) is 0 Å². The summed E-state index contributed by atoms with van der Waals surface area (Å²) in [5.41, 5.74) is 1.03. The summed E-state index contributed by atoms with van der Waals surface area (Å²) in [7, 11) is 0. The number of rotatable bonds is 3. The van der Waals surface area contributed by atoms with Gasteiger partial charge in [-0.1, -0.05) is 30.3 Å². The molecule has 2 saturated heterocycles. The van der Waals surface area contributed by atoms with Crippen LogP contribution >= 0.6 is 0 Å². The molecule has 1 spiro atoms. The van der Waals surface area contributed by atoms with E-state index in [1.165, 1.54) is 5.56 Å². The zero-order valence-corrected chi connectivity index (χ0v) is 14.7. The van der Waals surface area contributed by atoms with E-state index in [0.29, 0.717) is 6.61 Å². The van der Waals surface area contributed by atoms with Crippen molar-refractivity contribution in [3.63, 3.8) is 0 Å². The molecule has 2 unspecified atom stereocenters. The van der Waals surface area contributed by atoms with Crippen molar-refractivity contribution in [1.29, 1.82) is 0 Å². The summed E-state index contributed by atoms with van der Waals surface area (Å²) in [4.78, 5) is 11.6. The molecule has 1 aromatic heterocycles. The smallest absolute Gasteiger partial charge is 0.135 e. The second-order valence-electron chi connectivity index (χ2n) is 7.14. The van der Waals surface area contributed by atoms with Crippen LogP contribution in [0.2, 0.25) is 0 Å². The molecule has 3 heterocycles. The fourth-order valence-electron chi connectivity index (χ4n) is 3.87. The van der Waals surface area contributed by atoms with Crippen LogP contribution in [0.3, 0.4) is 0 Å². The third kappa shape index (κ3) is 3.83. The van der Waals surface area contributed by atoms with E-state index in [4.69, 9.17) is 14.5 Å². The number of benzene rings is 1. The summed E-state index contributed by atoms with van der Waals surface area (Å²) < 4.78 is 12.0. The van der Waals surface area contributed by atoms with Crippen molar-refractivity contribution in [3.05, 3.63) is 54.0 Å². The molecule has 0 N–H and O–H groups in total. The molecule has 25 heavy (non-hydrogen) atoms. The highest BCUT2D eigenvalue weighted by molar-refractivity contribution is 5.40. The van der Waals surface area contributed by atoms with Gasteiger partial charge < -0.3 is 14.4 Å². The average Bonchev–Trinajstić information content (AvgIpc) is 2.63. The Labute approximate surface area is 149 Å². The maximum Gasteiger partial charge on any atom is 0.135 e. The van der Waals surface area contributed by atoms with Gasteiger partial charge in [0.1, 0.15) is 17.2 Å². The first-order valence-electron chi connectivity index (χ1n) is 9.09. The number of morpholine rings is 1. The monoisotopic (exact) mass is 339 g/mol. The molecule has 0 saturated carbocycles. The molecule has 2 atom stereocenters. The number of nitrogens with zero attached hydrogens (tertiary/aromatic N) is 3. The van der Waals surface area contributed by atoms with Crippen LogP contribution in [0.1, 0.15) is 31.2 Å². The minimum atomic E-state index is -0.194. The van der Waals surface area contributed by atoms with Gasteiger partial charge >= 0.3 is 0 Å². The summed E-state index contributed by atoms with van der Waals surface area (Å²) in [5, 5.41) is 0. The second kappa shape index (κ2) is 7.10. The molecular weight excluding hydrogens is 314 g/mol. The Morgan fingerprint density at radius 3 is 2.92 bits per heavy atom. The van der Waals surface area contributed by atoms with E-state index in [9.17, 15) is 0 Å². The van der Waals surface area contributed by atoms with E-state index < -0.39 is 0 Å². The Kier molecular flexibility index (Phi) is 4.68. The van der Waals surface area contributed by atoms with Crippen molar-refractivity contribution in [3.8, 4) is 0 Å². The Balaban J connectivity index is 1.53. The molecule has 5 nitrogen and oxygen atoms in total. The molecule has 132 valence electrons. The van der Waals surface area contributed by atoms with Crippen LogP contribution in [-0.4, -0.2) is 48.0 Å². The van der Waals surface area contributed by atoms with Crippen molar-refractivity contribution in [1.82, 2.24) is 9.97 Å². The Morgan fingerprint density at radius 2 is 2.12 bits per heavy atom. The first-order valence-corrected chi connectivity index (χ1v) is 9.09. The lowest BCUT2D eigenvalue weighted by atomic mass is 9.93. The van der Waals surface area contributed by atoms with E-state index in [0.717, 1.165) is 50.6 Å². The second-order valence-corrected chi connectivity index (χ2v) is 7.14. The lowest BCUT2D eigenvalue weighted by Gasteiger charge is -2.47. The van der Waals surface area contributed by atoms with Crippen LogP contribution < -0.4 is 4.90 Å². The zero-order valence-electron chi connectivity index (χ0n) is 14.7. The Bertz CT molecular complexity index is 701. The van der Waals surface area contributed by atoms with E-state index in [1.54, 1.807) is 0 Å². The molecule has 2 fully saturated rings. The zero-order chi connectivity index (χ0) is 17.1. The number of anilines is 1. The third-order valence-corrected chi connectivity index (χ3v) is 4.91. The Morgan fingerprint density at radius 1 is 1.24 bits per heavy atom. The predicted molar refractivity (Wildman–Crippen MR) is 96.8 cm³/mol. The third-order valence-electron chi connectivity index (χ3n) is 4.91. The van der Waals surface area contributed by atoms with Crippen LogP contribution in [0.5, 0.6) is 0 Å². The van der Waals surface area contributed by atoms with Crippen LogP contribution in [0.4, 0.5) is 5.82 Å². The minimum absolute atomic E-state index is 0.169. The highest BCUT2D eigenvalue weighted by atomic mass is 16.6. The molecule has 2 aliphatic heterocycles. The molecule has 0 radical (unpaired) electrons. The molecule has 0 amide bonds. The number of ether oxygens (including phenoxy) is 2. The summed E-state index contributed by atoms with van der Waals surface area (Å²) in [6.07, 6.45) is 4.90. The summed E-state index contributed by atoms with van der Waals surface area (Å²) >= 11 is 0. The van der Waals surface area contributed by atoms with Crippen molar-refractivity contribution in [2.75, 3.05) is 31.2 Å². The summed E-state index contributed by atoms with van der Waals surface area (Å²) in [5.74, 6) is 1.85. The lowest BCUT2D eigenvalue weighted by Crippen LogP contribution is -2.58. The molecule has 5 heteroatoms. The van der Waals surface area contributed by atoms with Crippen molar-refractivity contribution in [2.24, 2.45) is 0 Å². The average molecular weight is 339 g/mol. The van der Waals surface area contributed by atoms with E-state index in [2.05, 4.69) is 41.1 Å². The highest BCUT2D eigenvalue weighted by Crippen LogP contribution is 2.31. The molecule has 1 aromatic carbocycles. The van der Waals surface area contributed by atoms with Gasteiger partial charge in [0.2, 0.25) is 0 Å². The molecule has 2 aromatic rings.